The molecule has 1 rings (SSSR count). The number of urea groups is 1. The Morgan fingerprint density at radius 3 is 2.33 bits per heavy atom. The van der Waals surface area contributed by atoms with Crippen LogP contribution in [-0.4, -0.2) is 23.7 Å². The quantitative estimate of drug-likeness (QED) is 0.787. The van der Waals surface area contributed by atoms with Crippen LogP contribution in [-0.2, 0) is 4.79 Å². The third-order valence-corrected chi connectivity index (χ3v) is 2.91. The van der Waals surface area contributed by atoms with Gasteiger partial charge in [0, 0.05) is 17.3 Å². The average molecular weight is 271 g/mol. The van der Waals surface area contributed by atoms with Crippen LogP contribution in [0.1, 0.15) is 17.5 Å². The number of carboxylic acids is 1. The second-order valence-corrected chi connectivity index (χ2v) is 4.33. The maximum absolute atomic E-state index is 11.5. The molecule has 1 aromatic rings. The van der Waals surface area contributed by atoms with E-state index in [9.17, 15) is 9.59 Å². The van der Waals surface area contributed by atoms with Crippen molar-refractivity contribution in [3.63, 3.8) is 0 Å². The molecule has 18 heavy (non-hydrogen) atoms. The molecule has 5 nitrogen and oxygen atoms in total. The summed E-state index contributed by atoms with van der Waals surface area (Å²) in [4.78, 5) is 21.7. The minimum atomic E-state index is -0.950. The second kappa shape index (κ2) is 6.26. The molecular formula is C12H15ClN2O3. The van der Waals surface area contributed by atoms with Crippen LogP contribution < -0.4 is 10.6 Å². The van der Waals surface area contributed by atoms with Gasteiger partial charge in [-0.1, -0.05) is 11.6 Å². The molecule has 2 amide bonds. The van der Waals surface area contributed by atoms with Gasteiger partial charge in [-0.2, -0.15) is 0 Å². The average Bonchev–Trinajstić information content (AvgIpc) is 2.25. The van der Waals surface area contributed by atoms with Gasteiger partial charge in [0.1, 0.15) is 0 Å². The van der Waals surface area contributed by atoms with Crippen LogP contribution in [0.4, 0.5) is 10.5 Å². The van der Waals surface area contributed by atoms with E-state index in [1.165, 1.54) is 0 Å². The van der Waals surface area contributed by atoms with Gasteiger partial charge in [0.2, 0.25) is 0 Å². The number of nitrogens with one attached hydrogen (secondary N) is 2. The first kappa shape index (κ1) is 14.3. The van der Waals surface area contributed by atoms with Crippen molar-refractivity contribution in [3.05, 3.63) is 28.3 Å². The molecule has 0 aliphatic rings. The number of hydrogen-bond donors (Lipinski definition) is 3. The van der Waals surface area contributed by atoms with Crippen LogP contribution in [0.3, 0.4) is 0 Å². The number of amides is 2. The van der Waals surface area contributed by atoms with Gasteiger partial charge >= 0.3 is 12.0 Å². The summed E-state index contributed by atoms with van der Waals surface area (Å²) in [5.74, 6) is -0.950. The predicted octanol–water partition coefficient (Wildman–Crippen LogP) is 2.55. The molecule has 0 atom stereocenters. The summed E-state index contributed by atoms with van der Waals surface area (Å²) in [5, 5.41) is 14.2. The number of carbonyl (C=O) groups excluding carboxylic acids is 1. The monoisotopic (exact) mass is 270 g/mol. The molecule has 0 radical (unpaired) electrons. The van der Waals surface area contributed by atoms with Crippen LogP contribution in [0.15, 0.2) is 12.1 Å². The minimum absolute atomic E-state index is 0.0900. The number of anilines is 1. The first-order chi connectivity index (χ1) is 8.40. The lowest BCUT2D eigenvalue weighted by molar-refractivity contribution is -0.136. The first-order valence-electron chi connectivity index (χ1n) is 5.43. The van der Waals surface area contributed by atoms with Crippen LogP contribution in [0.25, 0.3) is 0 Å². The molecule has 1 aromatic carbocycles. The highest BCUT2D eigenvalue weighted by atomic mass is 35.5. The van der Waals surface area contributed by atoms with E-state index in [1.54, 1.807) is 12.1 Å². The van der Waals surface area contributed by atoms with Gasteiger partial charge in [-0.25, -0.2) is 4.79 Å². The van der Waals surface area contributed by atoms with Gasteiger partial charge in [-0.3, -0.25) is 4.79 Å². The Bertz CT molecular complexity index is 451. The molecule has 0 aliphatic carbocycles. The number of aryl methyl sites for hydroxylation is 2. The topological polar surface area (TPSA) is 78.4 Å². The Kier molecular flexibility index (Phi) is 4.97. The molecule has 6 heteroatoms. The lowest BCUT2D eigenvalue weighted by atomic mass is 10.1. The second-order valence-electron chi connectivity index (χ2n) is 3.95. The normalized spacial score (nSPS) is 9.94. The van der Waals surface area contributed by atoms with Gasteiger partial charge in [0.25, 0.3) is 0 Å². The number of carbonyl (C=O) groups is 2. The third kappa shape index (κ3) is 4.25. The Labute approximate surface area is 110 Å². The van der Waals surface area contributed by atoms with Crippen LogP contribution in [0.5, 0.6) is 0 Å². The van der Waals surface area contributed by atoms with Crippen molar-refractivity contribution >= 4 is 29.3 Å². The third-order valence-electron chi connectivity index (χ3n) is 2.32. The largest absolute Gasteiger partial charge is 0.481 e. The maximum Gasteiger partial charge on any atom is 0.319 e. The van der Waals surface area contributed by atoms with E-state index in [2.05, 4.69) is 10.6 Å². The summed E-state index contributed by atoms with van der Waals surface area (Å²) in [7, 11) is 0. The molecule has 0 unspecified atom stereocenters. The highest BCUT2D eigenvalue weighted by Gasteiger charge is 2.06. The zero-order chi connectivity index (χ0) is 13.7. The lowest BCUT2D eigenvalue weighted by Gasteiger charge is -2.10. The summed E-state index contributed by atoms with van der Waals surface area (Å²) in [6.45, 7) is 3.79. The van der Waals surface area contributed by atoms with E-state index in [4.69, 9.17) is 16.7 Å². The van der Waals surface area contributed by atoms with Crippen LogP contribution >= 0.6 is 11.6 Å². The fourth-order valence-corrected chi connectivity index (χ4v) is 1.59. The van der Waals surface area contributed by atoms with Crippen molar-refractivity contribution in [2.75, 3.05) is 11.9 Å². The highest BCUT2D eigenvalue weighted by molar-refractivity contribution is 6.32. The predicted molar refractivity (Wildman–Crippen MR) is 70.2 cm³/mol. The van der Waals surface area contributed by atoms with Gasteiger partial charge in [0.15, 0.2) is 0 Å². The van der Waals surface area contributed by atoms with Crippen LogP contribution in [0, 0.1) is 13.8 Å². The van der Waals surface area contributed by atoms with Gasteiger partial charge in [0.05, 0.1) is 6.42 Å². The molecule has 0 fully saturated rings. The summed E-state index contributed by atoms with van der Waals surface area (Å²) >= 11 is 6.01. The van der Waals surface area contributed by atoms with E-state index in [1.807, 2.05) is 13.8 Å². The molecule has 0 aliphatic heterocycles. The van der Waals surface area contributed by atoms with E-state index in [0.717, 1.165) is 11.1 Å². The van der Waals surface area contributed by atoms with E-state index < -0.39 is 12.0 Å². The van der Waals surface area contributed by atoms with Crippen molar-refractivity contribution in [3.8, 4) is 0 Å². The molecule has 0 aromatic heterocycles. The summed E-state index contributed by atoms with van der Waals surface area (Å²) in [6.07, 6.45) is -0.105. The number of hydrogen-bond acceptors (Lipinski definition) is 2. The zero-order valence-corrected chi connectivity index (χ0v) is 11.0. The number of aliphatic carboxylic acids is 1. The Morgan fingerprint density at radius 1 is 1.28 bits per heavy atom. The molecule has 98 valence electrons. The Morgan fingerprint density at radius 2 is 1.83 bits per heavy atom. The van der Waals surface area contributed by atoms with E-state index in [0.29, 0.717) is 10.7 Å². The number of halogens is 1. The number of rotatable bonds is 4. The van der Waals surface area contributed by atoms with Crippen molar-refractivity contribution in [2.45, 2.75) is 20.3 Å². The molecule has 0 spiro atoms. The van der Waals surface area contributed by atoms with E-state index in [-0.39, 0.29) is 13.0 Å². The standard InChI is InChI=1S/C12H15ClN2O3/c1-7-5-9(6-8(2)11(7)13)15-12(18)14-4-3-10(16)17/h5-6H,3-4H2,1-2H3,(H,16,17)(H2,14,15,18). The molecule has 3 N–H and O–H groups in total. The van der Waals surface area contributed by atoms with Crippen molar-refractivity contribution < 1.29 is 14.7 Å². The van der Waals surface area contributed by atoms with Crippen LogP contribution in [0.2, 0.25) is 5.02 Å². The lowest BCUT2D eigenvalue weighted by Crippen LogP contribution is -2.30. The molecule has 0 bridgehead atoms. The summed E-state index contributed by atoms with van der Waals surface area (Å²) in [6, 6.07) is 3.08. The smallest absolute Gasteiger partial charge is 0.319 e. The van der Waals surface area contributed by atoms with Gasteiger partial charge in [-0.05, 0) is 37.1 Å². The van der Waals surface area contributed by atoms with Crippen molar-refractivity contribution in [1.82, 2.24) is 5.32 Å². The zero-order valence-electron chi connectivity index (χ0n) is 10.2. The molecule has 0 saturated heterocycles. The Balaban J connectivity index is 2.57. The fraction of sp³-hybridized carbons (Fsp3) is 0.333. The van der Waals surface area contributed by atoms with Gasteiger partial charge < -0.3 is 15.7 Å². The fourth-order valence-electron chi connectivity index (χ4n) is 1.48. The van der Waals surface area contributed by atoms with Crippen molar-refractivity contribution in [2.24, 2.45) is 0 Å². The summed E-state index contributed by atoms with van der Waals surface area (Å²) < 4.78 is 0. The molecular weight excluding hydrogens is 256 g/mol. The van der Waals surface area contributed by atoms with Crippen molar-refractivity contribution in [1.29, 1.82) is 0 Å². The van der Waals surface area contributed by atoms with Gasteiger partial charge in [-0.15, -0.1) is 0 Å². The highest BCUT2D eigenvalue weighted by Crippen LogP contribution is 2.24. The number of carboxylic acid groups (broad SMARTS) is 1. The molecule has 0 heterocycles. The first-order valence-corrected chi connectivity index (χ1v) is 5.81. The molecule has 0 saturated carbocycles. The van der Waals surface area contributed by atoms with E-state index >= 15 is 0 Å². The summed E-state index contributed by atoms with van der Waals surface area (Å²) in [5.41, 5.74) is 2.37. The number of benzene rings is 1. The Hall–Kier alpha value is -1.75. The maximum atomic E-state index is 11.5. The minimum Gasteiger partial charge on any atom is -0.481 e. The SMILES string of the molecule is Cc1cc(NC(=O)NCCC(=O)O)cc(C)c1Cl.